The van der Waals surface area contributed by atoms with Gasteiger partial charge in [-0.05, 0) is 44.0 Å². The van der Waals surface area contributed by atoms with Crippen molar-refractivity contribution in [1.29, 1.82) is 0 Å². The second-order valence-electron chi connectivity index (χ2n) is 5.50. The summed E-state index contributed by atoms with van der Waals surface area (Å²) in [5, 5.41) is 0. The molecular formula is C15H19BrN2O. The van der Waals surface area contributed by atoms with Gasteiger partial charge in [-0.1, -0.05) is 22.0 Å². The summed E-state index contributed by atoms with van der Waals surface area (Å²) >= 11 is 3.50. The number of halogens is 1. The van der Waals surface area contributed by atoms with E-state index in [-0.39, 0.29) is 5.91 Å². The number of benzene rings is 1. The lowest BCUT2D eigenvalue weighted by Crippen LogP contribution is -2.52. The maximum atomic E-state index is 12.6. The predicted octanol–water partition coefficient (Wildman–Crippen LogP) is 2.68. The molecule has 3 rings (SSSR count). The van der Waals surface area contributed by atoms with Crippen LogP contribution in [0.15, 0.2) is 22.7 Å². The zero-order valence-corrected chi connectivity index (χ0v) is 12.8. The molecule has 2 heterocycles. The van der Waals surface area contributed by atoms with Crippen LogP contribution >= 0.6 is 15.9 Å². The molecule has 0 radical (unpaired) electrons. The number of hydrogen-bond donors (Lipinski definition) is 0. The maximum absolute atomic E-state index is 12.6. The average Bonchev–Trinajstić information content (AvgIpc) is 2.88. The van der Waals surface area contributed by atoms with E-state index < -0.39 is 0 Å². The highest BCUT2D eigenvalue weighted by molar-refractivity contribution is 9.10. The molecule has 0 N–H and O–H groups in total. The topological polar surface area (TPSA) is 23.6 Å². The minimum absolute atomic E-state index is 0.186. The Balaban J connectivity index is 1.79. The van der Waals surface area contributed by atoms with E-state index in [1.165, 1.54) is 19.4 Å². The van der Waals surface area contributed by atoms with E-state index in [1.54, 1.807) is 0 Å². The Bertz CT molecular complexity index is 503. The maximum Gasteiger partial charge on any atom is 0.254 e. The van der Waals surface area contributed by atoms with Crippen LogP contribution in [0.5, 0.6) is 0 Å². The second kappa shape index (κ2) is 5.25. The molecule has 1 aromatic rings. The number of nitrogens with zero attached hydrogens (tertiary/aromatic N) is 2. The largest absolute Gasteiger partial charge is 0.336 e. The number of carbonyl (C=O) groups is 1. The minimum atomic E-state index is 0.186. The molecular weight excluding hydrogens is 304 g/mol. The fourth-order valence-corrected chi connectivity index (χ4v) is 3.55. The third kappa shape index (κ3) is 2.43. The number of carbonyl (C=O) groups excluding carboxylic acids is 1. The van der Waals surface area contributed by atoms with Crippen LogP contribution in [-0.4, -0.2) is 47.9 Å². The highest BCUT2D eigenvalue weighted by Crippen LogP contribution is 2.25. The number of rotatable bonds is 1. The number of fused-ring (bicyclic) bond motifs is 1. The predicted molar refractivity (Wildman–Crippen MR) is 79.4 cm³/mol. The summed E-state index contributed by atoms with van der Waals surface area (Å²) in [5.41, 5.74) is 1.88. The van der Waals surface area contributed by atoms with Gasteiger partial charge in [-0.25, -0.2) is 0 Å². The zero-order chi connectivity index (χ0) is 13.4. The van der Waals surface area contributed by atoms with Crippen molar-refractivity contribution in [2.45, 2.75) is 25.8 Å². The van der Waals surface area contributed by atoms with Crippen molar-refractivity contribution in [3.8, 4) is 0 Å². The molecule has 1 aromatic carbocycles. The fourth-order valence-electron chi connectivity index (χ4n) is 3.19. The van der Waals surface area contributed by atoms with Crippen LogP contribution in [0.3, 0.4) is 0 Å². The van der Waals surface area contributed by atoms with Gasteiger partial charge in [0.15, 0.2) is 0 Å². The van der Waals surface area contributed by atoms with Crippen LogP contribution in [0.4, 0.5) is 0 Å². The Morgan fingerprint density at radius 3 is 3.00 bits per heavy atom. The highest BCUT2D eigenvalue weighted by Gasteiger charge is 2.33. The number of amides is 1. The third-order valence-corrected chi connectivity index (χ3v) is 5.23. The lowest BCUT2D eigenvalue weighted by molar-refractivity contribution is 0.0570. The van der Waals surface area contributed by atoms with Gasteiger partial charge >= 0.3 is 0 Å². The molecule has 1 unspecified atom stereocenters. The Morgan fingerprint density at radius 2 is 2.16 bits per heavy atom. The van der Waals surface area contributed by atoms with Crippen molar-refractivity contribution in [2.75, 3.05) is 26.2 Å². The Kier molecular flexibility index (Phi) is 3.63. The summed E-state index contributed by atoms with van der Waals surface area (Å²) in [6.45, 7) is 6.00. The molecule has 0 spiro atoms. The Labute approximate surface area is 122 Å². The summed E-state index contributed by atoms with van der Waals surface area (Å²) < 4.78 is 1.01. The van der Waals surface area contributed by atoms with Crippen LogP contribution in [0.25, 0.3) is 0 Å². The molecule has 3 nitrogen and oxygen atoms in total. The van der Waals surface area contributed by atoms with Crippen LogP contribution in [0.1, 0.15) is 28.8 Å². The molecule has 2 aliphatic rings. The van der Waals surface area contributed by atoms with Gasteiger partial charge in [0.1, 0.15) is 0 Å². The van der Waals surface area contributed by atoms with Gasteiger partial charge in [0.25, 0.3) is 5.91 Å². The van der Waals surface area contributed by atoms with E-state index in [4.69, 9.17) is 0 Å². The molecule has 4 heteroatoms. The van der Waals surface area contributed by atoms with Crippen LogP contribution in [0.2, 0.25) is 0 Å². The van der Waals surface area contributed by atoms with Gasteiger partial charge < -0.3 is 4.90 Å². The van der Waals surface area contributed by atoms with E-state index in [9.17, 15) is 4.79 Å². The number of hydrogen-bond acceptors (Lipinski definition) is 2. The van der Waals surface area contributed by atoms with E-state index in [1.807, 2.05) is 30.0 Å². The SMILES string of the molecule is Cc1c(Br)cccc1C(=O)N1CCN2CCCC2C1. The van der Waals surface area contributed by atoms with Gasteiger partial charge in [0, 0.05) is 35.7 Å². The molecule has 0 bridgehead atoms. The zero-order valence-electron chi connectivity index (χ0n) is 11.2. The smallest absolute Gasteiger partial charge is 0.254 e. The van der Waals surface area contributed by atoms with E-state index in [0.717, 1.165) is 35.2 Å². The van der Waals surface area contributed by atoms with Crippen LogP contribution in [0, 0.1) is 6.92 Å². The van der Waals surface area contributed by atoms with Gasteiger partial charge in [0.05, 0.1) is 0 Å². The normalized spacial score (nSPS) is 23.5. The van der Waals surface area contributed by atoms with Gasteiger partial charge in [-0.15, -0.1) is 0 Å². The Morgan fingerprint density at radius 1 is 1.32 bits per heavy atom. The highest BCUT2D eigenvalue weighted by atomic mass is 79.9. The van der Waals surface area contributed by atoms with Gasteiger partial charge in [-0.2, -0.15) is 0 Å². The molecule has 19 heavy (non-hydrogen) atoms. The molecule has 0 aliphatic carbocycles. The van der Waals surface area contributed by atoms with Crippen molar-refractivity contribution in [2.24, 2.45) is 0 Å². The molecule has 1 atom stereocenters. The fraction of sp³-hybridized carbons (Fsp3) is 0.533. The van der Waals surface area contributed by atoms with Crippen molar-refractivity contribution < 1.29 is 4.79 Å². The van der Waals surface area contributed by atoms with Crippen LogP contribution in [-0.2, 0) is 0 Å². The summed E-state index contributed by atoms with van der Waals surface area (Å²) in [6.07, 6.45) is 2.52. The molecule has 2 fully saturated rings. The quantitative estimate of drug-likeness (QED) is 0.793. The molecule has 102 valence electrons. The van der Waals surface area contributed by atoms with E-state index in [0.29, 0.717) is 6.04 Å². The van der Waals surface area contributed by atoms with E-state index in [2.05, 4.69) is 20.8 Å². The van der Waals surface area contributed by atoms with Gasteiger partial charge in [-0.3, -0.25) is 9.69 Å². The van der Waals surface area contributed by atoms with Crippen molar-refractivity contribution in [3.05, 3.63) is 33.8 Å². The first-order chi connectivity index (χ1) is 9.16. The second-order valence-corrected chi connectivity index (χ2v) is 6.35. The molecule has 0 aromatic heterocycles. The molecule has 1 amide bonds. The summed E-state index contributed by atoms with van der Waals surface area (Å²) in [6, 6.07) is 6.45. The first-order valence-electron chi connectivity index (χ1n) is 6.95. The molecule has 0 saturated carbocycles. The lowest BCUT2D eigenvalue weighted by atomic mass is 10.1. The van der Waals surface area contributed by atoms with Gasteiger partial charge in [0.2, 0.25) is 0 Å². The molecule has 2 aliphatic heterocycles. The van der Waals surface area contributed by atoms with Crippen molar-refractivity contribution in [3.63, 3.8) is 0 Å². The summed E-state index contributed by atoms with van der Waals surface area (Å²) in [4.78, 5) is 17.2. The van der Waals surface area contributed by atoms with Crippen LogP contribution < -0.4 is 0 Å². The first kappa shape index (κ1) is 13.1. The summed E-state index contributed by atoms with van der Waals surface area (Å²) in [5.74, 6) is 0.186. The lowest BCUT2D eigenvalue weighted by Gasteiger charge is -2.37. The minimum Gasteiger partial charge on any atom is -0.336 e. The monoisotopic (exact) mass is 322 g/mol. The standard InChI is InChI=1S/C15H19BrN2O/c1-11-13(5-2-6-14(11)16)15(19)18-9-8-17-7-3-4-12(17)10-18/h2,5-6,12H,3-4,7-10H2,1H3. The third-order valence-electron chi connectivity index (χ3n) is 4.37. The number of piperazine rings is 1. The van der Waals surface area contributed by atoms with Crippen molar-refractivity contribution in [1.82, 2.24) is 9.80 Å². The van der Waals surface area contributed by atoms with E-state index >= 15 is 0 Å². The van der Waals surface area contributed by atoms with Crippen molar-refractivity contribution >= 4 is 21.8 Å². The average molecular weight is 323 g/mol. The summed E-state index contributed by atoms with van der Waals surface area (Å²) in [7, 11) is 0. The Hall–Kier alpha value is -0.870. The molecule has 2 saturated heterocycles. The first-order valence-corrected chi connectivity index (χ1v) is 7.74.